The van der Waals surface area contributed by atoms with Gasteiger partial charge in [-0.1, -0.05) is 0 Å². The molecule has 0 unspecified atom stereocenters. The largest absolute Gasteiger partial charge is 0.351 e. The number of rotatable bonds is 0. The first-order valence-corrected chi connectivity index (χ1v) is 6.16. The van der Waals surface area contributed by atoms with Gasteiger partial charge in [0, 0.05) is 39.0 Å². The summed E-state index contributed by atoms with van der Waals surface area (Å²) in [5.74, 6) is 0. The topological polar surface area (TPSA) is 4.93 Å². The third-order valence-electron chi connectivity index (χ3n) is 2.38. The van der Waals surface area contributed by atoms with Gasteiger partial charge in [-0.05, 0) is 18.2 Å². The Balaban J connectivity index is 2.38. The van der Waals surface area contributed by atoms with E-state index in [-0.39, 0.29) is 0 Å². The van der Waals surface area contributed by atoms with Crippen LogP contribution in [-0.4, -0.2) is 9.65 Å². The standard InChI is InChI=1S/C10H9NS2/c1-11-3-2-7-4-9-10(5-8(7)11)13-6-12-9/h2-5H,6H2,1H3. The maximum absolute atomic E-state index is 2.30. The third-order valence-corrected chi connectivity index (χ3v) is 4.75. The molecule has 2 heterocycles. The van der Waals surface area contributed by atoms with E-state index in [1.165, 1.54) is 25.8 Å². The zero-order chi connectivity index (χ0) is 8.84. The molecule has 1 aromatic heterocycles. The monoisotopic (exact) mass is 207 g/mol. The Hall–Kier alpha value is -0.540. The number of nitrogens with zero attached hydrogens (tertiary/aromatic N) is 1. The molecule has 0 aliphatic carbocycles. The summed E-state index contributed by atoms with van der Waals surface area (Å²) in [6.45, 7) is 0. The molecule has 2 aromatic rings. The van der Waals surface area contributed by atoms with Crippen LogP contribution < -0.4 is 0 Å². The average molecular weight is 207 g/mol. The number of aromatic nitrogens is 1. The van der Waals surface area contributed by atoms with Crippen molar-refractivity contribution < 1.29 is 0 Å². The summed E-state index contributed by atoms with van der Waals surface area (Å²) in [5.41, 5.74) is 1.34. The fourth-order valence-corrected chi connectivity index (χ4v) is 4.07. The van der Waals surface area contributed by atoms with Crippen molar-refractivity contribution >= 4 is 34.4 Å². The molecule has 0 radical (unpaired) electrons. The molecule has 0 spiro atoms. The maximum Gasteiger partial charge on any atom is 0.0489 e. The number of hydrogen-bond acceptors (Lipinski definition) is 2. The number of hydrogen-bond donors (Lipinski definition) is 0. The van der Waals surface area contributed by atoms with Crippen molar-refractivity contribution in [3.05, 3.63) is 24.4 Å². The molecular weight excluding hydrogens is 198 g/mol. The molecule has 0 fully saturated rings. The molecular formula is C10H9NS2. The number of fused-ring (bicyclic) bond motifs is 2. The average Bonchev–Trinajstić information content (AvgIpc) is 2.70. The summed E-state index contributed by atoms with van der Waals surface area (Å²) in [6.07, 6.45) is 2.12. The molecule has 0 N–H and O–H groups in total. The van der Waals surface area contributed by atoms with Crippen LogP contribution in [0.25, 0.3) is 10.9 Å². The summed E-state index contributed by atoms with van der Waals surface area (Å²) in [6, 6.07) is 6.78. The van der Waals surface area contributed by atoms with Crippen LogP contribution >= 0.6 is 23.5 Å². The van der Waals surface area contributed by atoms with Crippen molar-refractivity contribution in [2.75, 3.05) is 5.08 Å². The Morgan fingerprint density at radius 1 is 1.23 bits per heavy atom. The van der Waals surface area contributed by atoms with Gasteiger partial charge >= 0.3 is 0 Å². The minimum Gasteiger partial charge on any atom is -0.351 e. The summed E-state index contributed by atoms with van der Waals surface area (Å²) in [5, 5.41) is 2.53. The molecule has 0 saturated carbocycles. The van der Waals surface area contributed by atoms with Crippen LogP contribution in [-0.2, 0) is 7.05 Å². The first-order chi connectivity index (χ1) is 6.34. The lowest BCUT2D eigenvalue weighted by atomic mass is 10.2. The van der Waals surface area contributed by atoms with E-state index in [1.807, 2.05) is 23.5 Å². The van der Waals surface area contributed by atoms with Crippen LogP contribution in [0.3, 0.4) is 0 Å². The molecule has 1 aliphatic heterocycles. The predicted molar refractivity (Wildman–Crippen MR) is 59.5 cm³/mol. The lowest BCUT2D eigenvalue weighted by Gasteiger charge is -1.99. The van der Waals surface area contributed by atoms with E-state index in [9.17, 15) is 0 Å². The van der Waals surface area contributed by atoms with Crippen molar-refractivity contribution in [3.8, 4) is 0 Å². The Labute approximate surface area is 85.5 Å². The maximum atomic E-state index is 2.30. The van der Waals surface area contributed by atoms with Gasteiger partial charge in [-0.2, -0.15) is 0 Å². The summed E-state index contributed by atoms with van der Waals surface area (Å²) in [4.78, 5) is 2.89. The minimum atomic E-state index is 1.17. The molecule has 1 aromatic carbocycles. The van der Waals surface area contributed by atoms with Gasteiger partial charge < -0.3 is 4.57 Å². The summed E-state index contributed by atoms with van der Waals surface area (Å²) < 4.78 is 2.18. The lowest BCUT2D eigenvalue weighted by molar-refractivity contribution is 0.966. The second-order valence-corrected chi connectivity index (χ2v) is 5.59. The van der Waals surface area contributed by atoms with Gasteiger partial charge in [-0.15, -0.1) is 23.5 Å². The van der Waals surface area contributed by atoms with Crippen LogP contribution in [0, 0.1) is 0 Å². The third kappa shape index (κ3) is 1.11. The van der Waals surface area contributed by atoms with Gasteiger partial charge in [0.15, 0.2) is 0 Å². The Bertz CT molecular complexity index is 473. The molecule has 66 valence electrons. The fourth-order valence-electron chi connectivity index (χ4n) is 1.66. The van der Waals surface area contributed by atoms with Gasteiger partial charge in [-0.25, -0.2) is 0 Å². The minimum absolute atomic E-state index is 1.17. The highest BCUT2D eigenvalue weighted by Crippen LogP contribution is 2.43. The molecule has 0 atom stereocenters. The highest BCUT2D eigenvalue weighted by Gasteiger charge is 2.13. The Morgan fingerprint density at radius 3 is 2.85 bits per heavy atom. The second kappa shape index (κ2) is 2.72. The highest BCUT2D eigenvalue weighted by molar-refractivity contribution is 8.18. The SMILES string of the molecule is Cn1ccc2cc3c(cc21)SCS3. The van der Waals surface area contributed by atoms with Gasteiger partial charge in [0.05, 0.1) is 0 Å². The van der Waals surface area contributed by atoms with Crippen LogP contribution in [0.4, 0.5) is 0 Å². The van der Waals surface area contributed by atoms with E-state index >= 15 is 0 Å². The quantitative estimate of drug-likeness (QED) is 0.653. The molecule has 0 saturated heterocycles. The van der Waals surface area contributed by atoms with Gasteiger partial charge in [0.2, 0.25) is 0 Å². The van der Waals surface area contributed by atoms with E-state index in [2.05, 4.69) is 36.0 Å². The number of aryl methyl sites for hydroxylation is 1. The first-order valence-electron chi connectivity index (χ1n) is 4.19. The zero-order valence-electron chi connectivity index (χ0n) is 7.28. The molecule has 0 bridgehead atoms. The molecule has 1 aliphatic rings. The number of benzene rings is 1. The van der Waals surface area contributed by atoms with Crippen LogP contribution in [0.1, 0.15) is 0 Å². The summed E-state index contributed by atoms with van der Waals surface area (Å²) >= 11 is 3.89. The normalized spacial score (nSPS) is 15.2. The molecule has 0 amide bonds. The van der Waals surface area contributed by atoms with Crippen molar-refractivity contribution in [1.29, 1.82) is 0 Å². The van der Waals surface area contributed by atoms with Gasteiger partial charge in [0.25, 0.3) is 0 Å². The molecule has 1 nitrogen and oxygen atoms in total. The second-order valence-electron chi connectivity index (χ2n) is 3.19. The van der Waals surface area contributed by atoms with Gasteiger partial charge in [-0.3, -0.25) is 0 Å². The first kappa shape index (κ1) is 7.83. The molecule has 3 rings (SSSR count). The van der Waals surface area contributed by atoms with E-state index in [4.69, 9.17) is 0 Å². The van der Waals surface area contributed by atoms with Crippen LogP contribution in [0.5, 0.6) is 0 Å². The van der Waals surface area contributed by atoms with E-state index < -0.39 is 0 Å². The Morgan fingerprint density at radius 2 is 2.00 bits per heavy atom. The van der Waals surface area contributed by atoms with Crippen LogP contribution in [0.15, 0.2) is 34.2 Å². The molecule has 3 heteroatoms. The summed E-state index contributed by atoms with van der Waals surface area (Å²) in [7, 11) is 2.10. The Kier molecular flexibility index (Phi) is 1.64. The van der Waals surface area contributed by atoms with Crippen molar-refractivity contribution in [2.45, 2.75) is 9.79 Å². The highest BCUT2D eigenvalue weighted by atomic mass is 32.2. The fraction of sp³-hybridized carbons (Fsp3) is 0.200. The smallest absolute Gasteiger partial charge is 0.0489 e. The van der Waals surface area contributed by atoms with E-state index in [0.717, 1.165) is 0 Å². The van der Waals surface area contributed by atoms with Crippen LogP contribution in [0.2, 0.25) is 0 Å². The van der Waals surface area contributed by atoms with Crippen molar-refractivity contribution in [3.63, 3.8) is 0 Å². The number of thioether (sulfide) groups is 2. The van der Waals surface area contributed by atoms with Gasteiger partial charge in [0.1, 0.15) is 0 Å². The van der Waals surface area contributed by atoms with Crippen molar-refractivity contribution in [1.82, 2.24) is 4.57 Å². The predicted octanol–water partition coefficient (Wildman–Crippen LogP) is 3.33. The lowest BCUT2D eigenvalue weighted by Crippen LogP contribution is -1.83. The zero-order valence-corrected chi connectivity index (χ0v) is 8.91. The molecule has 13 heavy (non-hydrogen) atoms. The van der Waals surface area contributed by atoms with E-state index in [0.29, 0.717) is 0 Å². The van der Waals surface area contributed by atoms with E-state index in [1.54, 1.807) is 0 Å². The van der Waals surface area contributed by atoms with Crippen molar-refractivity contribution in [2.24, 2.45) is 7.05 Å².